The second kappa shape index (κ2) is 5.20. The van der Waals surface area contributed by atoms with Crippen molar-refractivity contribution in [2.24, 2.45) is 7.05 Å². The van der Waals surface area contributed by atoms with E-state index in [1.807, 2.05) is 13.8 Å². The summed E-state index contributed by atoms with van der Waals surface area (Å²) in [6, 6.07) is 1.65. The number of aryl methyl sites for hydroxylation is 1. The molecule has 1 rings (SSSR count). The lowest BCUT2D eigenvalue weighted by molar-refractivity contribution is -0.142. The molecule has 0 aliphatic heterocycles. The Bertz CT molecular complexity index is 463. The normalized spacial score (nSPS) is 11.2. The van der Waals surface area contributed by atoms with Gasteiger partial charge >= 0.3 is 11.9 Å². The third kappa shape index (κ3) is 3.09. The first-order valence-electron chi connectivity index (χ1n) is 5.54. The minimum absolute atomic E-state index is 0.208. The van der Waals surface area contributed by atoms with Gasteiger partial charge in [-0.3, -0.25) is 9.48 Å². The standard InChI is InChI=1S/C12H18N2O4/c1-8(15)18-7-12(2,3)10-6-9(11(16)17-5)14(4)13-10/h6H,7H2,1-5H3. The number of carbonyl (C=O) groups excluding carboxylic acids is 2. The molecule has 1 heterocycles. The molecule has 0 atom stereocenters. The summed E-state index contributed by atoms with van der Waals surface area (Å²) in [6.45, 7) is 5.34. The lowest BCUT2D eigenvalue weighted by Gasteiger charge is -2.21. The fourth-order valence-corrected chi connectivity index (χ4v) is 1.45. The van der Waals surface area contributed by atoms with Crippen molar-refractivity contribution in [3.63, 3.8) is 0 Å². The van der Waals surface area contributed by atoms with Crippen molar-refractivity contribution in [3.05, 3.63) is 17.5 Å². The van der Waals surface area contributed by atoms with Gasteiger partial charge in [0.15, 0.2) is 0 Å². The summed E-state index contributed by atoms with van der Waals surface area (Å²) in [5.74, 6) is -0.785. The number of hydrogen-bond donors (Lipinski definition) is 0. The van der Waals surface area contributed by atoms with E-state index >= 15 is 0 Å². The largest absolute Gasteiger partial charge is 0.465 e. The molecular formula is C12H18N2O4. The summed E-state index contributed by atoms with van der Waals surface area (Å²) in [4.78, 5) is 22.3. The van der Waals surface area contributed by atoms with Crippen LogP contribution in [-0.4, -0.2) is 35.4 Å². The molecule has 1 aromatic heterocycles. The monoisotopic (exact) mass is 254 g/mol. The van der Waals surface area contributed by atoms with Crippen LogP contribution in [0.3, 0.4) is 0 Å². The van der Waals surface area contributed by atoms with E-state index in [9.17, 15) is 9.59 Å². The van der Waals surface area contributed by atoms with Crippen LogP contribution < -0.4 is 0 Å². The van der Waals surface area contributed by atoms with Crippen LogP contribution in [-0.2, 0) is 26.7 Å². The van der Waals surface area contributed by atoms with Gasteiger partial charge in [-0.25, -0.2) is 4.79 Å². The Balaban J connectivity index is 2.95. The second-order valence-electron chi connectivity index (χ2n) is 4.69. The van der Waals surface area contributed by atoms with E-state index in [1.165, 1.54) is 18.7 Å². The maximum absolute atomic E-state index is 11.5. The molecule has 0 fully saturated rings. The van der Waals surface area contributed by atoms with Crippen LogP contribution in [0.5, 0.6) is 0 Å². The summed E-state index contributed by atoms with van der Waals surface area (Å²) in [5, 5.41) is 4.25. The lowest BCUT2D eigenvalue weighted by atomic mass is 9.90. The average Bonchev–Trinajstić information content (AvgIpc) is 2.68. The summed E-state index contributed by atoms with van der Waals surface area (Å²) in [7, 11) is 2.98. The van der Waals surface area contributed by atoms with Crippen molar-refractivity contribution in [3.8, 4) is 0 Å². The minimum Gasteiger partial charge on any atom is -0.465 e. The van der Waals surface area contributed by atoms with Gasteiger partial charge in [-0.1, -0.05) is 13.8 Å². The van der Waals surface area contributed by atoms with Gasteiger partial charge in [-0.05, 0) is 6.07 Å². The first-order chi connectivity index (χ1) is 8.27. The first-order valence-corrected chi connectivity index (χ1v) is 5.54. The molecule has 1 aromatic rings. The van der Waals surface area contributed by atoms with E-state index in [2.05, 4.69) is 9.84 Å². The van der Waals surface area contributed by atoms with Crippen LogP contribution >= 0.6 is 0 Å². The molecule has 0 bridgehead atoms. The molecule has 0 amide bonds. The van der Waals surface area contributed by atoms with Crippen LogP contribution in [0.1, 0.15) is 37.0 Å². The second-order valence-corrected chi connectivity index (χ2v) is 4.69. The number of esters is 2. The maximum Gasteiger partial charge on any atom is 0.356 e. The zero-order valence-corrected chi connectivity index (χ0v) is 11.3. The molecule has 0 radical (unpaired) electrons. The zero-order chi connectivity index (χ0) is 13.9. The Morgan fingerprint density at radius 1 is 1.44 bits per heavy atom. The van der Waals surface area contributed by atoms with Crippen LogP contribution in [0.2, 0.25) is 0 Å². The Labute approximate surface area is 106 Å². The molecular weight excluding hydrogens is 236 g/mol. The van der Waals surface area contributed by atoms with Crippen LogP contribution in [0, 0.1) is 0 Å². The van der Waals surface area contributed by atoms with E-state index in [0.717, 1.165) is 0 Å². The molecule has 0 saturated carbocycles. The number of rotatable bonds is 4. The predicted octanol–water partition coefficient (Wildman–Crippen LogP) is 1.05. The van der Waals surface area contributed by atoms with Crippen LogP contribution in [0.4, 0.5) is 0 Å². The van der Waals surface area contributed by atoms with Crippen molar-refractivity contribution in [2.75, 3.05) is 13.7 Å². The number of aromatic nitrogens is 2. The Kier molecular flexibility index (Phi) is 4.11. The van der Waals surface area contributed by atoms with Crippen molar-refractivity contribution >= 4 is 11.9 Å². The van der Waals surface area contributed by atoms with Crippen molar-refractivity contribution in [1.29, 1.82) is 0 Å². The molecule has 0 aromatic carbocycles. The average molecular weight is 254 g/mol. The van der Waals surface area contributed by atoms with E-state index in [4.69, 9.17) is 4.74 Å². The zero-order valence-electron chi connectivity index (χ0n) is 11.3. The van der Waals surface area contributed by atoms with Gasteiger partial charge in [-0.15, -0.1) is 0 Å². The lowest BCUT2D eigenvalue weighted by Crippen LogP contribution is -2.26. The van der Waals surface area contributed by atoms with Crippen molar-refractivity contribution in [1.82, 2.24) is 9.78 Å². The Morgan fingerprint density at radius 2 is 2.06 bits per heavy atom. The third-order valence-corrected chi connectivity index (χ3v) is 2.60. The molecule has 0 spiro atoms. The summed E-state index contributed by atoms with van der Waals surface area (Å²) in [6.07, 6.45) is 0. The van der Waals surface area contributed by atoms with Gasteiger partial charge in [0.25, 0.3) is 0 Å². The summed E-state index contributed by atoms with van der Waals surface area (Å²) < 4.78 is 11.1. The van der Waals surface area contributed by atoms with E-state index < -0.39 is 11.4 Å². The molecule has 18 heavy (non-hydrogen) atoms. The molecule has 0 saturated heterocycles. The van der Waals surface area contributed by atoms with Gasteiger partial charge < -0.3 is 9.47 Å². The molecule has 6 heteroatoms. The molecule has 100 valence electrons. The van der Waals surface area contributed by atoms with Crippen molar-refractivity contribution in [2.45, 2.75) is 26.2 Å². The number of methoxy groups -OCH3 is 1. The topological polar surface area (TPSA) is 70.4 Å². The maximum atomic E-state index is 11.5. The predicted molar refractivity (Wildman–Crippen MR) is 64.2 cm³/mol. The van der Waals surface area contributed by atoms with Gasteiger partial charge in [-0.2, -0.15) is 5.10 Å². The Hall–Kier alpha value is -1.85. The molecule has 0 aliphatic rings. The van der Waals surface area contributed by atoms with E-state index in [0.29, 0.717) is 11.4 Å². The number of hydrogen-bond acceptors (Lipinski definition) is 5. The quantitative estimate of drug-likeness (QED) is 0.751. The highest BCUT2D eigenvalue weighted by Crippen LogP contribution is 2.23. The molecule has 0 unspecified atom stereocenters. The van der Waals surface area contributed by atoms with Gasteiger partial charge in [0, 0.05) is 19.4 Å². The SMILES string of the molecule is COC(=O)c1cc(C(C)(C)COC(C)=O)nn1C. The number of ether oxygens (including phenoxy) is 2. The van der Waals surface area contributed by atoms with Gasteiger partial charge in [0.2, 0.25) is 0 Å². The first kappa shape index (κ1) is 14.2. The van der Waals surface area contributed by atoms with Gasteiger partial charge in [0.05, 0.1) is 12.8 Å². The highest BCUT2D eigenvalue weighted by atomic mass is 16.5. The highest BCUT2D eigenvalue weighted by molar-refractivity contribution is 5.87. The highest BCUT2D eigenvalue weighted by Gasteiger charge is 2.27. The van der Waals surface area contributed by atoms with E-state index in [-0.39, 0.29) is 12.6 Å². The molecule has 6 nitrogen and oxygen atoms in total. The fourth-order valence-electron chi connectivity index (χ4n) is 1.45. The van der Waals surface area contributed by atoms with E-state index in [1.54, 1.807) is 13.1 Å². The smallest absolute Gasteiger partial charge is 0.356 e. The van der Waals surface area contributed by atoms with Gasteiger partial charge in [0.1, 0.15) is 12.3 Å². The van der Waals surface area contributed by atoms with Crippen LogP contribution in [0.25, 0.3) is 0 Å². The molecule has 0 aliphatic carbocycles. The fraction of sp³-hybridized carbons (Fsp3) is 0.583. The van der Waals surface area contributed by atoms with Crippen molar-refractivity contribution < 1.29 is 19.1 Å². The van der Waals surface area contributed by atoms with Crippen LogP contribution in [0.15, 0.2) is 6.07 Å². The number of nitrogens with zero attached hydrogens (tertiary/aromatic N) is 2. The molecule has 0 N–H and O–H groups in total. The number of carbonyl (C=O) groups is 2. The Morgan fingerprint density at radius 3 is 2.56 bits per heavy atom. The summed E-state index contributed by atoms with van der Waals surface area (Å²) >= 11 is 0. The third-order valence-electron chi connectivity index (χ3n) is 2.60. The minimum atomic E-state index is -0.463. The summed E-state index contributed by atoms with van der Waals surface area (Å²) in [5.41, 5.74) is 0.574.